The Morgan fingerprint density at radius 1 is 0.957 bits per heavy atom. The Balaban J connectivity index is 3.94. The highest BCUT2D eigenvalue weighted by Crippen LogP contribution is 2.12. The zero-order valence-corrected chi connectivity index (χ0v) is 16.1. The predicted octanol–water partition coefficient (Wildman–Crippen LogP) is 6.39. The predicted molar refractivity (Wildman–Crippen MR) is 100 cm³/mol. The van der Waals surface area contributed by atoms with E-state index in [0.29, 0.717) is 18.9 Å². The van der Waals surface area contributed by atoms with Crippen molar-refractivity contribution in [2.45, 2.75) is 80.1 Å². The number of hydrogen-bond donors (Lipinski definition) is 0. The van der Waals surface area contributed by atoms with E-state index in [9.17, 15) is 4.79 Å². The van der Waals surface area contributed by atoms with Crippen molar-refractivity contribution >= 4 is 5.97 Å². The largest absolute Gasteiger partial charge is 0.461 e. The van der Waals surface area contributed by atoms with Gasteiger partial charge in [-0.3, -0.25) is 4.79 Å². The van der Waals surface area contributed by atoms with Crippen LogP contribution in [-0.2, 0) is 9.53 Å². The van der Waals surface area contributed by atoms with E-state index < -0.39 is 0 Å². The molecule has 2 nitrogen and oxygen atoms in total. The molecule has 0 amide bonds. The minimum absolute atomic E-state index is 0.0848. The molecule has 0 bridgehead atoms. The van der Waals surface area contributed by atoms with Gasteiger partial charge in [-0.25, -0.2) is 0 Å². The molecule has 0 aliphatic carbocycles. The minimum atomic E-state index is -0.0848. The molecule has 0 saturated carbocycles. The van der Waals surface area contributed by atoms with E-state index >= 15 is 0 Å². The second kappa shape index (κ2) is 13.2. The topological polar surface area (TPSA) is 26.3 Å². The standard InChI is InChI=1S/C21H36O2/c1-7-18(4)16-21(22)23-15-14-20(6)13-9-12-19(5)11-8-10-17(2)3/h10,12,14,18H,7-9,11,13,15-16H2,1-6H3/b19-12+,20-14+. The number of esters is 1. The van der Waals surface area contributed by atoms with Crippen LogP contribution in [0.3, 0.4) is 0 Å². The lowest BCUT2D eigenvalue weighted by molar-refractivity contribution is -0.143. The van der Waals surface area contributed by atoms with Crippen LogP contribution in [0.25, 0.3) is 0 Å². The molecule has 0 heterocycles. The number of carbonyl (C=O) groups is 1. The van der Waals surface area contributed by atoms with Crippen molar-refractivity contribution in [1.29, 1.82) is 0 Å². The Bertz CT molecular complexity index is 423. The lowest BCUT2D eigenvalue weighted by Gasteiger charge is -2.07. The zero-order chi connectivity index (χ0) is 17.7. The number of ether oxygens (including phenoxy) is 1. The lowest BCUT2D eigenvalue weighted by Crippen LogP contribution is -2.09. The third-order valence-corrected chi connectivity index (χ3v) is 4.01. The SMILES string of the molecule is CCC(C)CC(=O)OC/C=C(\C)CC/C=C(\C)CCC=C(C)C. The third kappa shape index (κ3) is 14.0. The maximum Gasteiger partial charge on any atom is 0.306 e. The lowest BCUT2D eigenvalue weighted by atomic mass is 10.1. The van der Waals surface area contributed by atoms with Crippen LogP contribution in [0.15, 0.2) is 34.9 Å². The van der Waals surface area contributed by atoms with Crippen molar-refractivity contribution in [3.05, 3.63) is 34.9 Å². The highest BCUT2D eigenvalue weighted by molar-refractivity contribution is 5.69. The van der Waals surface area contributed by atoms with Crippen LogP contribution in [-0.4, -0.2) is 12.6 Å². The number of carbonyl (C=O) groups excluding carboxylic acids is 1. The molecule has 1 unspecified atom stereocenters. The van der Waals surface area contributed by atoms with Gasteiger partial charge in [-0.1, -0.05) is 49.1 Å². The fourth-order valence-corrected chi connectivity index (χ4v) is 2.10. The number of rotatable bonds is 11. The van der Waals surface area contributed by atoms with Crippen molar-refractivity contribution in [2.24, 2.45) is 5.92 Å². The summed E-state index contributed by atoms with van der Waals surface area (Å²) in [4.78, 5) is 11.6. The van der Waals surface area contributed by atoms with E-state index in [1.165, 1.54) is 16.7 Å². The van der Waals surface area contributed by atoms with Crippen molar-refractivity contribution in [2.75, 3.05) is 6.61 Å². The first kappa shape index (κ1) is 21.7. The smallest absolute Gasteiger partial charge is 0.306 e. The first-order valence-corrected chi connectivity index (χ1v) is 8.95. The van der Waals surface area contributed by atoms with Gasteiger partial charge in [0.2, 0.25) is 0 Å². The van der Waals surface area contributed by atoms with E-state index in [-0.39, 0.29) is 5.97 Å². The molecular weight excluding hydrogens is 284 g/mol. The van der Waals surface area contributed by atoms with E-state index in [4.69, 9.17) is 4.74 Å². The summed E-state index contributed by atoms with van der Waals surface area (Å²) >= 11 is 0. The number of hydrogen-bond acceptors (Lipinski definition) is 2. The fourth-order valence-electron chi connectivity index (χ4n) is 2.10. The normalized spacial score (nSPS) is 13.7. The summed E-state index contributed by atoms with van der Waals surface area (Å²) in [5.74, 6) is 0.324. The van der Waals surface area contributed by atoms with Gasteiger partial charge in [-0.15, -0.1) is 0 Å². The Morgan fingerprint density at radius 2 is 1.52 bits per heavy atom. The average molecular weight is 321 g/mol. The molecular formula is C21H36O2. The maximum absolute atomic E-state index is 11.6. The molecule has 2 heteroatoms. The molecule has 0 aromatic carbocycles. The molecule has 0 N–H and O–H groups in total. The van der Waals surface area contributed by atoms with Gasteiger partial charge in [0.1, 0.15) is 6.61 Å². The highest BCUT2D eigenvalue weighted by atomic mass is 16.5. The molecule has 1 atom stereocenters. The van der Waals surface area contributed by atoms with Crippen molar-refractivity contribution in [3.8, 4) is 0 Å². The maximum atomic E-state index is 11.6. The van der Waals surface area contributed by atoms with Crippen LogP contribution < -0.4 is 0 Å². The molecule has 0 fully saturated rings. The zero-order valence-electron chi connectivity index (χ0n) is 16.1. The Labute approximate surface area is 143 Å². The molecule has 0 spiro atoms. The molecule has 0 aliphatic heterocycles. The van der Waals surface area contributed by atoms with Crippen LogP contribution in [0.4, 0.5) is 0 Å². The second-order valence-corrected chi connectivity index (χ2v) is 6.86. The van der Waals surface area contributed by atoms with Crippen molar-refractivity contribution in [3.63, 3.8) is 0 Å². The summed E-state index contributed by atoms with van der Waals surface area (Å²) in [6, 6.07) is 0. The fraction of sp³-hybridized carbons (Fsp3) is 0.667. The van der Waals surface area contributed by atoms with Crippen LogP contribution in [0, 0.1) is 5.92 Å². The molecule has 132 valence electrons. The van der Waals surface area contributed by atoms with Crippen molar-refractivity contribution < 1.29 is 9.53 Å². The number of allylic oxidation sites excluding steroid dienone is 5. The Morgan fingerprint density at radius 3 is 2.09 bits per heavy atom. The van der Waals surface area contributed by atoms with Gasteiger partial charge in [0.15, 0.2) is 0 Å². The van der Waals surface area contributed by atoms with Gasteiger partial charge >= 0.3 is 5.97 Å². The quantitative estimate of drug-likeness (QED) is 0.326. The molecule has 0 aromatic rings. The van der Waals surface area contributed by atoms with E-state index in [0.717, 1.165) is 32.1 Å². The van der Waals surface area contributed by atoms with Crippen LogP contribution >= 0.6 is 0 Å². The summed E-state index contributed by atoms with van der Waals surface area (Å²) in [5.41, 5.74) is 4.13. The highest BCUT2D eigenvalue weighted by Gasteiger charge is 2.07. The van der Waals surface area contributed by atoms with Gasteiger partial charge in [0.25, 0.3) is 0 Å². The monoisotopic (exact) mass is 320 g/mol. The minimum Gasteiger partial charge on any atom is -0.461 e. The first-order chi connectivity index (χ1) is 10.8. The first-order valence-electron chi connectivity index (χ1n) is 8.95. The summed E-state index contributed by atoms with van der Waals surface area (Å²) in [5, 5.41) is 0. The van der Waals surface area contributed by atoms with Gasteiger partial charge in [0, 0.05) is 6.42 Å². The molecule has 23 heavy (non-hydrogen) atoms. The van der Waals surface area contributed by atoms with Crippen LogP contribution in [0.5, 0.6) is 0 Å². The van der Waals surface area contributed by atoms with E-state index in [1.807, 2.05) is 6.08 Å². The van der Waals surface area contributed by atoms with Crippen LogP contribution in [0.2, 0.25) is 0 Å². The molecule has 0 rings (SSSR count). The van der Waals surface area contributed by atoms with Gasteiger partial charge < -0.3 is 4.74 Å². The molecule has 0 aromatic heterocycles. The molecule has 0 aliphatic rings. The van der Waals surface area contributed by atoms with Gasteiger partial charge in [-0.2, -0.15) is 0 Å². The van der Waals surface area contributed by atoms with Crippen molar-refractivity contribution in [1.82, 2.24) is 0 Å². The van der Waals surface area contributed by atoms with E-state index in [2.05, 4.69) is 53.7 Å². The summed E-state index contributed by atoms with van der Waals surface area (Å²) in [6.07, 6.45) is 12.5. The van der Waals surface area contributed by atoms with Gasteiger partial charge in [0.05, 0.1) is 0 Å². The summed E-state index contributed by atoms with van der Waals surface area (Å²) in [7, 11) is 0. The molecule has 0 saturated heterocycles. The van der Waals surface area contributed by atoms with E-state index in [1.54, 1.807) is 0 Å². The average Bonchev–Trinajstić information content (AvgIpc) is 2.46. The van der Waals surface area contributed by atoms with Crippen LogP contribution in [0.1, 0.15) is 80.1 Å². The van der Waals surface area contributed by atoms with Gasteiger partial charge in [-0.05, 0) is 65.4 Å². The Hall–Kier alpha value is -1.31. The Kier molecular flexibility index (Phi) is 12.4. The second-order valence-electron chi connectivity index (χ2n) is 6.86. The summed E-state index contributed by atoms with van der Waals surface area (Å²) in [6.45, 7) is 13.2. The summed E-state index contributed by atoms with van der Waals surface area (Å²) < 4.78 is 5.25. The molecule has 0 radical (unpaired) electrons. The third-order valence-electron chi connectivity index (χ3n) is 4.01.